The van der Waals surface area contributed by atoms with Crippen molar-refractivity contribution in [1.29, 1.82) is 0 Å². The van der Waals surface area contributed by atoms with Gasteiger partial charge in [0.05, 0.1) is 5.69 Å². The maximum atomic E-state index is 13.9. The fraction of sp³-hybridized carbons (Fsp3) is 0.148. The number of aromatic nitrogens is 1. The van der Waals surface area contributed by atoms with Crippen molar-refractivity contribution >= 4 is 28.3 Å². The molecule has 0 fully saturated rings. The average molecular weight is 458 g/mol. The summed E-state index contributed by atoms with van der Waals surface area (Å²) in [5.74, 6) is -2.13. The van der Waals surface area contributed by atoms with Crippen molar-refractivity contribution in [2.24, 2.45) is 7.05 Å². The van der Waals surface area contributed by atoms with Crippen LogP contribution in [0.2, 0.25) is 0 Å². The van der Waals surface area contributed by atoms with Gasteiger partial charge in [0.25, 0.3) is 11.5 Å². The van der Waals surface area contributed by atoms with Gasteiger partial charge < -0.3 is 14.6 Å². The number of aryl methyl sites for hydroxylation is 1. The fourth-order valence-corrected chi connectivity index (χ4v) is 3.78. The highest BCUT2D eigenvalue weighted by Gasteiger charge is 2.26. The van der Waals surface area contributed by atoms with Gasteiger partial charge in [0, 0.05) is 18.0 Å². The van der Waals surface area contributed by atoms with E-state index in [9.17, 15) is 18.8 Å². The number of fused-ring (bicyclic) bond motifs is 1. The third kappa shape index (κ3) is 4.32. The van der Waals surface area contributed by atoms with Crippen molar-refractivity contribution < 1.29 is 18.7 Å². The number of nitrogens with one attached hydrogen (secondary N) is 1. The molecule has 0 radical (unpaired) electrons. The molecule has 34 heavy (non-hydrogen) atoms. The van der Waals surface area contributed by atoms with Gasteiger partial charge in [0.1, 0.15) is 11.5 Å². The Morgan fingerprint density at radius 3 is 2.24 bits per heavy atom. The Balaban J connectivity index is 1.75. The molecule has 0 bridgehead atoms. The highest BCUT2D eigenvalue weighted by Crippen LogP contribution is 2.31. The lowest BCUT2D eigenvalue weighted by Gasteiger charge is -2.19. The Labute approximate surface area is 195 Å². The summed E-state index contributed by atoms with van der Waals surface area (Å²) in [5.41, 5.74) is 1.95. The number of benzene rings is 3. The maximum Gasteiger partial charge on any atom is 0.356 e. The van der Waals surface area contributed by atoms with Gasteiger partial charge >= 0.3 is 5.97 Å². The summed E-state index contributed by atoms with van der Waals surface area (Å²) in [6.45, 7) is 3.34. The Morgan fingerprint density at radius 1 is 0.941 bits per heavy atom. The number of pyridine rings is 1. The van der Waals surface area contributed by atoms with E-state index in [1.807, 2.05) is 31.2 Å². The molecular weight excluding hydrogens is 435 g/mol. The lowest BCUT2D eigenvalue weighted by molar-refractivity contribution is -0.123. The third-order valence-electron chi connectivity index (χ3n) is 5.62. The smallest absolute Gasteiger partial charge is 0.356 e. The van der Waals surface area contributed by atoms with Crippen LogP contribution in [0.4, 0.5) is 10.1 Å². The molecule has 1 aromatic heterocycles. The summed E-state index contributed by atoms with van der Waals surface area (Å²) in [6.07, 6.45) is -1.24. The van der Waals surface area contributed by atoms with Gasteiger partial charge in [-0.15, -0.1) is 0 Å². The molecule has 3 aromatic carbocycles. The predicted molar refractivity (Wildman–Crippen MR) is 129 cm³/mol. The molecule has 1 heterocycles. The van der Waals surface area contributed by atoms with Crippen molar-refractivity contribution in [2.75, 3.05) is 5.32 Å². The zero-order valence-electron chi connectivity index (χ0n) is 19.0. The number of esters is 1. The molecule has 1 unspecified atom stereocenters. The van der Waals surface area contributed by atoms with E-state index in [-0.39, 0.29) is 16.9 Å². The van der Waals surface area contributed by atoms with E-state index in [1.165, 1.54) is 36.7 Å². The summed E-state index contributed by atoms with van der Waals surface area (Å²) in [5, 5.41) is 3.48. The number of hydrogen-bond donors (Lipinski definition) is 1. The molecule has 172 valence electrons. The number of ether oxygens (including phenoxy) is 1. The minimum atomic E-state index is -1.24. The Kier molecular flexibility index (Phi) is 6.27. The highest BCUT2D eigenvalue weighted by atomic mass is 19.1. The minimum Gasteiger partial charge on any atom is -0.448 e. The van der Waals surface area contributed by atoms with Crippen LogP contribution in [0.15, 0.2) is 77.6 Å². The second-order valence-electron chi connectivity index (χ2n) is 8.02. The van der Waals surface area contributed by atoms with E-state index in [2.05, 4.69) is 5.32 Å². The van der Waals surface area contributed by atoms with Crippen molar-refractivity contribution in [2.45, 2.75) is 20.0 Å². The summed E-state index contributed by atoms with van der Waals surface area (Å²) in [7, 11) is 1.49. The second-order valence-corrected chi connectivity index (χ2v) is 8.02. The molecule has 1 atom stereocenters. The monoisotopic (exact) mass is 458 g/mol. The fourth-order valence-electron chi connectivity index (χ4n) is 3.78. The summed E-state index contributed by atoms with van der Waals surface area (Å²) in [6, 6.07) is 20.3. The molecule has 0 aliphatic heterocycles. The van der Waals surface area contributed by atoms with Crippen LogP contribution in [0.1, 0.15) is 23.0 Å². The number of nitrogens with zero attached hydrogens (tertiary/aromatic N) is 1. The minimum absolute atomic E-state index is 0.0196. The highest BCUT2D eigenvalue weighted by molar-refractivity contribution is 6.07. The number of carbonyl (C=O) groups is 2. The first-order chi connectivity index (χ1) is 16.3. The molecule has 7 heteroatoms. The van der Waals surface area contributed by atoms with E-state index in [0.29, 0.717) is 16.3 Å². The Hall–Kier alpha value is -4.26. The zero-order valence-corrected chi connectivity index (χ0v) is 19.0. The van der Waals surface area contributed by atoms with Gasteiger partial charge in [0.2, 0.25) is 0 Å². The van der Waals surface area contributed by atoms with Crippen LogP contribution >= 0.6 is 0 Å². The molecule has 6 nitrogen and oxygen atoms in total. The molecule has 0 saturated heterocycles. The van der Waals surface area contributed by atoms with Crippen molar-refractivity contribution in [3.63, 3.8) is 0 Å². The molecule has 4 rings (SSSR count). The first kappa shape index (κ1) is 22.9. The van der Waals surface area contributed by atoms with Gasteiger partial charge in [-0.25, -0.2) is 9.18 Å². The number of anilines is 1. The van der Waals surface area contributed by atoms with Crippen LogP contribution in [0.25, 0.3) is 21.9 Å². The molecule has 1 N–H and O–H groups in total. The van der Waals surface area contributed by atoms with E-state index in [4.69, 9.17) is 4.74 Å². The van der Waals surface area contributed by atoms with Crippen LogP contribution in [-0.4, -0.2) is 22.5 Å². The van der Waals surface area contributed by atoms with Crippen LogP contribution in [-0.2, 0) is 16.6 Å². The maximum absolute atomic E-state index is 13.9. The number of halogens is 1. The third-order valence-corrected chi connectivity index (χ3v) is 5.62. The Bertz CT molecular complexity index is 1460. The van der Waals surface area contributed by atoms with E-state index in [1.54, 1.807) is 30.3 Å². The number of hydrogen-bond acceptors (Lipinski definition) is 4. The lowest BCUT2D eigenvalue weighted by atomic mass is 9.96. The van der Waals surface area contributed by atoms with Gasteiger partial charge in [-0.2, -0.15) is 0 Å². The summed E-state index contributed by atoms with van der Waals surface area (Å²) >= 11 is 0. The zero-order chi connectivity index (χ0) is 24.4. The quantitative estimate of drug-likeness (QED) is 0.434. The van der Waals surface area contributed by atoms with Crippen molar-refractivity contribution in [1.82, 2.24) is 4.57 Å². The molecule has 4 aromatic rings. The first-order valence-electron chi connectivity index (χ1n) is 10.7. The number of para-hydroxylation sites is 1. The normalized spacial score (nSPS) is 11.8. The largest absolute Gasteiger partial charge is 0.448 e. The Morgan fingerprint density at radius 2 is 1.56 bits per heavy atom. The van der Waals surface area contributed by atoms with Gasteiger partial charge in [0.15, 0.2) is 6.10 Å². The van der Waals surface area contributed by atoms with Crippen LogP contribution in [0, 0.1) is 12.7 Å². The van der Waals surface area contributed by atoms with Crippen molar-refractivity contribution in [3.05, 3.63) is 100 Å². The van der Waals surface area contributed by atoms with Gasteiger partial charge in [-0.1, -0.05) is 60.2 Å². The molecule has 0 spiro atoms. The topological polar surface area (TPSA) is 77.4 Å². The average Bonchev–Trinajstić information content (AvgIpc) is 2.83. The molecule has 0 aliphatic carbocycles. The summed E-state index contributed by atoms with van der Waals surface area (Å²) < 4.78 is 20.6. The number of carbonyl (C=O) groups excluding carboxylic acids is 2. The van der Waals surface area contributed by atoms with E-state index < -0.39 is 23.8 Å². The molecule has 1 amide bonds. The lowest BCUT2D eigenvalue weighted by Crippen LogP contribution is -2.33. The first-order valence-corrected chi connectivity index (χ1v) is 10.7. The van der Waals surface area contributed by atoms with E-state index in [0.717, 1.165) is 11.1 Å². The van der Waals surface area contributed by atoms with Crippen molar-refractivity contribution in [3.8, 4) is 11.1 Å². The molecule has 0 saturated carbocycles. The number of rotatable bonds is 5. The van der Waals surface area contributed by atoms with Gasteiger partial charge in [-0.05, 0) is 43.0 Å². The van der Waals surface area contributed by atoms with Crippen LogP contribution in [0.5, 0.6) is 0 Å². The van der Waals surface area contributed by atoms with Crippen LogP contribution < -0.4 is 10.9 Å². The SMILES string of the molecule is Cc1ccc(-c2c(C(=O)OC(C)C(=O)Nc3ccccc3F)n(C)c(=O)c3ccccc23)cc1. The molecular formula is C27H23FN2O4. The van der Waals surface area contributed by atoms with Crippen LogP contribution in [0.3, 0.4) is 0 Å². The standard InChI is InChI=1S/C27H23FN2O4/c1-16-12-14-18(15-13-16)23-19-8-4-5-9-20(19)26(32)30(3)24(23)27(33)34-17(2)25(31)29-22-11-7-6-10-21(22)28/h4-15,17H,1-3H3,(H,29,31). The predicted octanol–water partition coefficient (Wildman–Crippen LogP) is 4.84. The van der Waals surface area contributed by atoms with E-state index >= 15 is 0 Å². The molecule has 0 aliphatic rings. The summed E-state index contributed by atoms with van der Waals surface area (Å²) in [4.78, 5) is 38.9. The second kappa shape index (κ2) is 9.31. The number of amides is 1. The van der Waals surface area contributed by atoms with Gasteiger partial charge in [-0.3, -0.25) is 9.59 Å².